The van der Waals surface area contributed by atoms with E-state index in [1.165, 1.54) is 5.56 Å². The number of amides is 1. The first-order valence-corrected chi connectivity index (χ1v) is 6.91. The van der Waals surface area contributed by atoms with E-state index in [2.05, 4.69) is 34.6 Å². The highest BCUT2D eigenvalue weighted by Gasteiger charge is 2.06. The van der Waals surface area contributed by atoms with Gasteiger partial charge in [0.2, 0.25) is 5.91 Å². The first-order chi connectivity index (χ1) is 9.54. The third-order valence-electron chi connectivity index (χ3n) is 3.09. The summed E-state index contributed by atoms with van der Waals surface area (Å²) in [5.41, 5.74) is 3.82. The lowest BCUT2D eigenvalue weighted by Gasteiger charge is -2.08. The molecule has 0 aliphatic rings. The van der Waals surface area contributed by atoms with Crippen molar-refractivity contribution >= 4 is 23.2 Å². The van der Waals surface area contributed by atoms with Gasteiger partial charge >= 0.3 is 0 Å². The molecule has 0 saturated carbocycles. The number of nitrogens with zero attached hydrogens (tertiary/aromatic N) is 1. The van der Waals surface area contributed by atoms with Gasteiger partial charge < -0.3 is 5.32 Å². The molecule has 0 unspecified atom stereocenters. The van der Waals surface area contributed by atoms with Crippen molar-refractivity contribution < 1.29 is 4.79 Å². The molecule has 0 aliphatic carbocycles. The molecule has 1 aromatic carbocycles. The molecule has 2 aromatic rings. The second kappa shape index (κ2) is 6.53. The van der Waals surface area contributed by atoms with Crippen LogP contribution < -0.4 is 5.32 Å². The highest BCUT2D eigenvalue weighted by molar-refractivity contribution is 6.29. The molecular formula is C16H17ClN2O. The average molecular weight is 289 g/mol. The molecule has 3 nitrogen and oxygen atoms in total. The van der Waals surface area contributed by atoms with Crippen LogP contribution in [0.3, 0.4) is 0 Å². The van der Waals surface area contributed by atoms with Crippen LogP contribution >= 0.6 is 11.6 Å². The van der Waals surface area contributed by atoms with Crippen molar-refractivity contribution in [2.45, 2.75) is 26.7 Å². The summed E-state index contributed by atoms with van der Waals surface area (Å²) in [5.74, 6) is -0.0159. The topological polar surface area (TPSA) is 42.0 Å². The molecule has 20 heavy (non-hydrogen) atoms. The van der Waals surface area contributed by atoms with E-state index < -0.39 is 0 Å². The molecule has 1 aromatic heterocycles. The molecule has 0 radical (unpaired) electrons. The average Bonchev–Trinajstić information content (AvgIpc) is 2.41. The monoisotopic (exact) mass is 288 g/mol. The molecule has 0 aliphatic heterocycles. The lowest BCUT2D eigenvalue weighted by Crippen LogP contribution is -2.13. The van der Waals surface area contributed by atoms with Gasteiger partial charge in [-0.2, -0.15) is 0 Å². The number of aryl methyl sites for hydroxylation is 3. The van der Waals surface area contributed by atoms with E-state index in [9.17, 15) is 4.79 Å². The smallest absolute Gasteiger partial charge is 0.224 e. The number of rotatable bonds is 4. The fraction of sp³-hybridized carbons (Fsp3) is 0.250. The largest absolute Gasteiger partial charge is 0.324 e. The second-order valence-corrected chi connectivity index (χ2v) is 5.19. The third-order valence-corrected chi connectivity index (χ3v) is 3.30. The normalized spacial score (nSPS) is 10.3. The minimum atomic E-state index is -0.0159. The number of carbonyl (C=O) groups excluding carboxylic acids is 1. The Hall–Kier alpha value is -1.87. The molecule has 1 amide bonds. The molecule has 1 heterocycles. The van der Waals surface area contributed by atoms with Crippen LogP contribution in [0.1, 0.15) is 23.2 Å². The summed E-state index contributed by atoms with van der Waals surface area (Å²) in [6.45, 7) is 3.87. The number of carbonyl (C=O) groups is 1. The van der Waals surface area contributed by atoms with Gasteiger partial charge in [0.1, 0.15) is 5.15 Å². The number of benzene rings is 1. The minimum absolute atomic E-state index is 0.0159. The Balaban J connectivity index is 1.90. The van der Waals surface area contributed by atoms with Gasteiger partial charge in [0.25, 0.3) is 0 Å². The van der Waals surface area contributed by atoms with Gasteiger partial charge in [-0.15, -0.1) is 0 Å². The van der Waals surface area contributed by atoms with Crippen molar-refractivity contribution in [2.75, 3.05) is 5.32 Å². The number of anilines is 1. The summed E-state index contributed by atoms with van der Waals surface area (Å²) >= 11 is 5.78. The summed E-state index contributed by atoms with van der Waals surface area (Å²) in [6.07, 6.45) is 1.18. The Morgan fingerprint density at radius 3 is 2.50 bits per heavy atom. The highest BCUT2D eigenvalue weighted by atomic mass is 35.5. The molecule has 0 fully saturated rings. The molecule has 0 spiro atoms. The Kier molecular flexibility index (Phi) is 4.74. The number of hydrogen-bond donors (Lipinski definition) is 1. The summed E-state index contributed by atoms with van der Waals surface area (Å²) < 4.78 is 0. The van der Waals surface area contributed by atoms with Crippen molar-refractivity contribution in [3.63, 3.8) is 0 Å². The lowest BCUT2D eigenvalue weighted by molar-refractivity contribution is -0.116. The first kappa shape index (κ1) is 14.5. The molecule has 2 rings (SSSR count). The number of halogens is 1. The van der Waals surface area contributed by atoms with E-state index in [1.807, 2.05) is 13.8 Å². The zero-order valence-electron chi connectivity index (χ0n) is 11.6. The van der Waals surface area contributed by atoms with Crippen LogP contribution in [0.4, 0.5) is 5.69 Å². The summed E-state index contributed by atoms with van der Waals surface area (Å²) in [4.78, 5) is 16.0. The zero-order valence-corrected chi connectivity index (χ0v) is 12.4. The van der Waals surface area contributed by atoms with Gasteiger partial charge in [-0.25, -0.2) is 4.98 Å². The van der Waals surface area contributed by atoms with Crippen molar-refractivity contribution in [2.24, 2.45) is 0 Å². The Labute approximate surface area is 124 Å². The van der Waals surface area contributed by atoms with Crippen molar-refractivity contribution in [3.05, 3.63) is 58.4 Å². The van der Waals surface area contributed by atoms with E-state index in [-0.39, 0.29) is 5.91 Å². The maximum absolute atomic E-state index is 11.9. The van der Waals surface area contributed by atoms with Gasteiger partial charge in [-0.1, -0.05) is 41.4 Å². The van der Waals surface area contributed by atoms with Crippen LogP contribution in [0.15, 0.2) is 36.4 Å². The fourth-order valence-corrected chi connectivity index (χ4v) is 2.08. The molecule has 1 N–H and O–H groups in total. The predicted octanol–water partition coefficient (Wildman–Crippen LogP) is 3.92. The van der Waals surface area contributed by atoms with E-state index in [4.69, 9.17) is 11.6 Å². The molecule has 0 bridgehead atoms. The lowest BCUT2D eigenvalue weighted by atomic mass is 10.1. The second-order valence-electron chi connectivity index (χ2n) is 4.80. The van der Waals surface area contributed by atoms with Crippen molar-refractivity contribution in [1.29, 1.82) is 0 Å². The Morgan fingerprint density at radius 2 is 1.85 bits per heavy atom. The number of hydrogen-bond acceptors (Lipinski definition) is 2. The highest BCUT2D eigenvalue weighted by Crippen LogP contribution is 2.16. The molecule has 4 heteroatoms. The number of nitrogens with one attached hydrogen (secondary N) is 1. The first-order valence-electron chi connectivity index (χ1n) is 6.53. The SMILES string of the molecule is Cc1ccc(CCC(=O)Nc2ccc(Cl)nc2C)cc1. The van der Waals surface area contributed by atoms with Crippen LogP contribution in [0.2, 0.25) is 5.15 Å². The van der Waals surface area contributed by atoms with E-state index in [1.54, 1.807) is 12.1 Å². The van der Waals surface area contributed by atoms with E-state index in [0.717, 1.165) is 17.7 Å². The van der Waals surface area contributed by atoms with Crippen LogP contribution in [0.5, 0.6) is 0 Å². The maximum Gasteiger partial charge on any atom is 0.224 e. The number of pyridine rings is 1. The number of aromatic nitrogens is 1. The molecule has 104 valence electrons. The van der Waals surface area contributed by atoms with Crippen LogP contribution in [0, 0.1) is 13.8 Å². The van der Waals surface area contributed by atoms with Gasteiger partial charge in [0, 0.05) is 6.42 Å². The van der Waals surface area contributed by atoms with E-state index >= 15 is 0 Å². The predicted molar refractivity (Wildman–Crippen MR) is 82.1 cm³/mol. The van der Waals surface area contributed by atoms with E-state index in [0.29, 0.717) is 17.3 Å². The summed E-state index contributed by atoms with van der Waals surface area (Å²) in [5, 5.41) is 3.29. The van der Waals surface area contributed by atoms with Crippen molar-refractivity contribution in [1.82, 2.24) is 4.98 Å². The van der Waals surface area contributed by atoms with Gasteiger partial charge in [0.05, 0.1) is 11.4 Å². The van der Waals surface area contributed by atoms with Crippen LogP contribution in [-0.4, -0.2) is 10.9 Å². The van der Waals surface area contributed by atoms with Crippen LogP contribution in [0.25, 0.3) is 0 Å². The van der Waals surface area contributed by atoms with Gasteiger partial charge in [-0.05, 0) is 38.0 Å². The Bertz CT molecular complexity index is 608. The van der Waals surface area contributed by atoms with Crippen molar-refractivity contribution in [3.8, 4) is 0 Å². The Morgan fingerprint density at radius 1 is 1.15 bits per heavy atom. The zero-order chi connectivity index (χ0) is 14.5. The fourth-order valence-electron chi connectivity index (χ4n) is 1.89. The minimum Gasteiger partial charge on any atom is -0.324 e. The van der Waals surface area contributed by atoms with Crippen LogP contribution in [-0.2, 0) is 11.2 Å². The van der Waals surface area contributed by atoms with Gasteiger partial charge in [0.15, 0.2) is 0 Å². The summed E-state index contributed by atoms with van der Waals surface area (Å²) in [6, 6.07) is 11.7. The molecule has 0 atom stereocenters. The molecular weight excluding hydrogens is 272 g/mol. The van der Waals surface area contributed by atoms with Gasteiger partial charge in [-0.3, -0.25) is 4.79 Å². The quantitative estimate of drug-likeness (QED) is 0.866. The standard InChI is InChI=1S/C16H17ClN2O/c1-11-3-5-13(6-4-11)7-10-16(20)19-14-8-9-15(17)18-12(14)2/h3-6,8-9H,7,10H2,1-2H3,(H,19,20). The summed E-state index contributed by atoms with van der Waals surface area (Å²) in [7, 11) is 0. The maximum atomic E-state index is 11.9. The third kappa shape index (κ3) is 4.07. The molecule has 0 saturated heterocycles.